The van der Waals surface area contributed by atoms with E-state index in [1.54, 1.807) is 0 Å². The smallest absolute Gasteiger partial charge is 0.249 e. The largest absolute Gasteiger partial charge is 0.491 e. The zero-order valence-corrected chi connectivity index (χ0v) is 14.6. The van der Waals surface area contributed by atoms with E-state index in [1.165, 1.54) is 5.56 Å². The maximum atomic E-state index is 12.0. The van der Waals surface area contributed by atoms with Crippen molar-refractivity contribution in [1.29, 1.82) is 0 Å². The lowest BCUT2D eigenvalue weighted by molar-refractivity contribution is -0.131. The Bertz CT molecular complexity index is 496. The van der Waals surface area contributed by atoms with Crippen molar-refractivity contribution in [3.63, 3.8) is 0 Å². The van der Waals surface area contributed by atoms with Gasteiger partial charge in [-0.3, -0.25) is 4.79 Å². The number of carbonyl (C=O) groups is 1. The van der Waals surface area contributed by atoms with E-state index >= 15 is 0 Å². The minimum absolute atomic E-state index is 0. The molecular formula is C17H27ClN2O3. The molecule has 5 nitrogen and oxygen atoms in total. The van der Waals surface area contributed by atoms with E-state index in [0.717, 1.165) is 18.6 Å². The second kappa shape index (κ2) is 9.75. The van der Waals surface area contributed by atoms with Gasteiger partial charge in [0.05, 0.1) is 12.6 Å². The topological polar surface area (TPSA) is 73.6 Å². The Balaban J connectivity index is 0.00000264. The normalized spacial score (nSPS) is 20.2. The van der Waals surface area contributed by atoms with Gasteiger partial charge in [-0.25, -0.2) is 0 Å². The fraction of sp³-hybridized carbons (Fsp3) is 0.588. The molecule has 1 aliphatic heterocycles. The van der Waals surface area contributed by atoms with E-state index in [0.29, 0.717) is 25.6 Å². The van der Waals surface area contributed by atoms with Gasteiger partial charge in [0.2, 0.25) is 5.91 Å². The van der Waals surface area contributed by atoms with Gasteiger partial charge in [-0.2, -0.15) is 0 Å². The monoisotopic (exact) mass is 342 g/mol. The molecule has 1 fully saturated rings. The SMILES string of the molecule is CC(C)c1ccccc1OCCNC(=O)[C@@H]1CC[C@H](CN)O1.Cl. The van der Waals surface area contributed by atoms with Crippen molar-refractivity contribution in [2.45, 2.75) is 44.8 Å². The highest BCUT2D eigenvalue weighted by Gasteiger charge is 2.29. The highest BCUT2D eigenvalue weighted by Crippen LogP contribution is 2.25. The number of halogens is 1. The number of nitrogens with two attached hydrogens (primary N) is 1. The van der Waals surface area contributed by atoms with Crippen LogP contribution in [0.15, 0.2) is 24.3 Å². The van der Waals surface area contributed by atoms with E-state index in [-0.39, 0.29) is 30.5 Å². The Morgan fingerprint density at radius 1 is 1.39 bits per heavy atom. The molecular weight excluding hydrogens is 316 g/mol. The lowest BCUT2D eigenvalue weighted by atomic mass is 10.0. The summed E-state index contributed by atoms with van der Waals surface area (Å²) in [4.78, 5) is 12.0. The first-order chi connectivity index (χ1) is 10.6. The van der Waals surface area contributed by atoms with Crippen molar-refractivity contribution in [3.8, 4) is 5.75 Å². The molecule has 0 radical (unpaired) electrons. The number of ether oxygens (including phenoxy) is 2. The summed E-state index contributed by atoms with van der Waals surface area (Å²) in [7, 11) is 0. The zero-order chi connectivity index (χ0) is 15.9. The second-order valence-electron chi connectivity index (χ2n) is 5.89. The standard InChI is InChI=1S/C17H26N2O3.ClH/c1-12(2)14-5-3-4-6-15(14)21-10-9-19-17(20)16-8-7-13(11-18)22-16;/h3-6,12-13,16H,7-11,18H2,1-2H3,(H,19,20);1H/t13-,16+;/m1./s1. The lowest BCUT2D eigenvalue weighted by Crippen LogP contribution is -2.37. The molecule has 1 heterocycles. The number of para-hydroxylation sites is 1. The molecule has 1 aromatic carbocycles. The number of amides is 1. The Morgan fingerprint density at radius 2 is 2.13 bits per heavy atom. The molecule has 1 aromatic rings. The maximum absolute atomic E-state index is 12.0. The van der Waals surface area contributed by atoms with E-state index in [4.69, 9.17) is 15.2 Å². The molecule has 0 spiro atoms. The molecule has 2 atom stereocenters. The minimum atomic E-state index is -0.364. The third kappa shape index (κ3) is 5.68. The second-order valence-corrected chi connectivity index (χ2v) is 5.89. The molecule has 1 amide bonds. The van der Waals surface area contributed by atoms with Gasteiger partial charge in [0.1, 0.15) is 18.5 Å². The van der Waals surface area contributed by atoms with Gasteiger partial charge < -0.3 is 20.5 Å². The third-order valence-electron chi connectivity index (χ3n) is 3.86. The molecule has 0 aliphatic carbocycles. The van der Waals surface area contributed by atoms with E-state index in [9.17, 15) is 4.79 Å². The first-order valence-electron chi connectivity index (χ1n) is 7.96. The van der Waals surface area contributed by atoms with Crippen LogP contribution in [0.3, 0.4) is 0 Å². The predicted octanol–water partition coefficient (Wildman–Crippen LogP) is 2.23. The van der Waals surface area contributed by atoms with Crippen LogP contribution in [0.4, 0.5) is 0 Å². The van der Waals surface area contributed by atoms with Crippen molar-refractivity contribution in [3.05, 3.63) is 29.8 Å². The van der Waals surface area contributed by atoms with Crippen molar-refractivity contribution in [1.82, 2.24) is 5.32 Å². The van der Waals surface area contributed by atoms with Gasteiger partial charge in [0.15, 0.2) is 0 Å². The van der Waals surface area contributed by atoms with Crippen LogP contribution in [-0.4, -0.2) is 37.8 Å². The molecule has 3 N–H and O–H groups in total. The zero-order valence-electron chi connectivity index (χ0n) is 13.8. The summed E-state index contributed by atoms with van der Waals surface area (Å²) in [5.41, 5.74) is 6.72. The van der Waals surface area contributed by atoms with Crippen LogP contribution < -0.4 is 15.8 Å². The average molecular weight is 343 g/mol. The Morgan fingerprint density at radius 3 is 2.78 bits per heavy atom. The fourth-order valence-corrected chi connectivity index (χ4v) is 2.61. The molecule has 0 aromatic heterocycles. The summed E-state index contributed by atoms with van der Waals surface area (Å²) in [5, 5.41) is 2.86. The van der Waals surface area contributed by atoms with Crippen molar-refractivity contribution in [2.24, 2.45) is 5.73 Å². The number of hydrogen-bond donors (Lipinski definition) is 2. The van der Waals surface area contributed by atoms with Crippen molar-refractivity contribution < 1.29 is 14.3 Å². The highest BCUT2D eigenvalue weighted by molar-refractivity contribution is 5.85. The fourth-order valence-electron chi connectivity index (χ4n) is 2.61. The summed E-state index contributed by atoms with van der Waals surface area (Å²) in [6.45, 7) is 5.66. The average Bonchev–Trinajstić information content (AvgIpc) is 3.00. The molecule has 0 saturated carbocycles. The van der Waals surface area contributed by atoms with Crippen LogP contribution >= 0.6 is 12.4 Å². The molecule has 23 heavy (non-hydrogen) atoms. The summed E-state index contributed by atoms with van der Waals surface area (Å²) in [5.74, 6) is 1.22. The van der Waals surface area contributed by atoms with Gasteiger partial charge in [0.25, 0.3) is 0 Å². The van der Waals surface area contributed by atoms with E-state index in [2.05, 4.69) is 25.2 Å². The molecule has 6 heteroatoms. The van der Waals surface area contributed by atoms with Gasteiger partial charge >= 0.3 is 0 Å². The molecule has 0 bridgehead atoms. The number of carbonyl (C=O) groups excluding carboxylic acids is 1. The highest BCUT2D eigenvalue weighted by atomic mass is 35.5. The Kier molecular flexibility index (Phi) is 8.37. The quantitative estimate of drug-likeness (QED) is 0.745. The van der Waals surface area contributed by atoms with Gasteiger partial charge in [0, 0.05) is 6.54 Å². The number of benzene rings is 1. The number of rotatable bonds is 7. The summed E-state index contributed by atoms with van der Waals surface area (Å²) < 4.78 is 11.3. The van der Waals surface area contributed by atoms with Gasteiger partial charge in [-0.15, -0.1) is 12.4 Å². The van der Waals surface area contributed by atoms with E-state index in [1.807, 2.05) is 18.2 Å². The maximum Gasteiger partial charge on any atom is 0.249 e. The summed E-state index contributed by atoms with van der Waals surface area (Å²) in [6.07, 6.45) is 1.25. The van der Waals surface area contributed by atoms with Crippen LogP contribution in [-0.2, 0) is 9.53 Å². The Labute approximate surface area is 144 Å². The molecule has 0 unspecified atom stereocenters. The Hall–Kier alpha value is -1.30. The first kappa shape index (κ1) is 19.7. The van der Waals surface area contributed by atoms with Gasteiger partial charge in [-0.1, -0.05) is 32.0 Å². The molecule has 2 rings (SSSR count). The van der Waals surface area contributed by atoms with Crippen molar-refractivity contribution >= 4 is 18.3 Å². The first-order valence-corrected chi connectivity index (χ1v) is 7.96. The van der Waals surface area contributed by atoms with Crippen LogP contribution in [0, 0.1) is 0 Å². The third-order valence-corrected chi connectivity index (χ3v) is 3.86. The molecule has 130 valence electrons. The lowest BCUT2D eigenvalue weighted by Gasteiger charge is -2.15. The minimum Gasteiger partial charge on any atom is -0.491 e. The van der Waals surface area contributed by atoms with Crippen LogP contribution in [0.25, 0.3) is 0 Å². The van der Waals surface area contributed by atoms with Crippen LogP contribution in [0.5, 0.6) is 5.75 Å². The van der Waals surface area contributed by atoms with Crippen LogP contribution in [0.1, 0.15) is 38.2 Å². The van der Waals surface area contributed by atoms with E-state index < -0.39 is 0 Å². The van der Waals surface area contributed by atoms with Gasteiger partial charge in [-0.05, 0) is 30.4 Å². The summed E-state index contributed by atoms with van der Waals surface area (Å²) >= 11 is 0. The number of nitrogens with one attached hydrogen (secondary N) is 1. The molecule has 1 saturated heterocycles. The summed E-state index contributed by atoms with van der Waals surface area (Å²) in [6, 6.07) is 8.00. The molecule has 1 aliphatic rings. The van der Waals surface area contributed by atoms with Crippen LogP contribution in [0.2, 0.25) is 0 Å². The van der Waals surface area contributed by atoms with Crippen molar-refractivity contribution in [2.75, 3.05) is 19.7 Å². The predicted molar refractivity (Wildman–Crippen MR) is 93.2 cm³/mol. The number of hydrogen-bond acceptors (Lipinski definition) is 4.